The topological polar surface area (TPSA) is 163 Å². The van der Waals surface area contributed by atoms with Crippen molar-refractivity contribution >= 4 is 29.8 Å². The summed E-state index contributed by atoms with van der Waals surface area (Å²) in [4.78, 5) is 57.3. The Morgan fingerprint density at radius 1 is 0.714 bits per heavy atom. The van der Waals surface area contributed by atoms with Gasteiger partial charge in [-0.25, -0.2) is 4.79 Å². The molecule has 0 bridgehead atoms. The Balaban J connectivity index is 1.32. The summed E-state index contributed by atoms with van der Waals surface area (Å²) in [5.41, 5.74) is 4.44. The maximum absolute atomic E-state index is 12.1. The second-order valence-corrected chi connectivity index (χ2v) is 7.73. The van der Waals surface area contributed by atoms with Crippen LogP contribution in [0.4, 0.5) is 4.79 Å². The molecule has 2 aromatic carbocycles. The van der Waals surface area contributed by atoms with E-state index in [4.69, 9.17) is 9.84 Å². The minimum atomic E-state index is -1.20. The van der Waals surface area contributed by atoms with E-state index in [2.05, 4.69) is 21.3 Å². The van der Waals surface area contributed by atoms with Gasteiger partial charge in [0.05, 0.1) is 13.1 Å². The van der Waals surface area contributed by atoms with Crippen LogP contribution < -0.4 is 21.3 Å². The molecule has 11 heteroatoms. The highest BCUT2D eigenvalue weighted by Crippen LogP contribution is 2.44. The van der Waals surface area contributed by atoms with Crippen molar-refractivity contribution in [3.05, 3.63) is 59.7 Å². The Bertz CT molecular complexity index is 1070. The summed E-state index contributed by atoms with van der Waals surface area (Å²) < 4.78 is 5.39. The molecular formula is C24H26N4O7. The van der Waals surface area contributed by atoms with Gasteiger partial charge < -0.3 is 31.1 Å². The van der Waals surface area contributed by atoms with Gasteiger partial charge in [0.1, 0.15) is 13.2 Å². The number of ether oxygens (including phenoxy) is 1. The lowest BCUT2D eigenvalue weighted by Crippen LogP contribution is -2.43. The molecule has 11 nitrogen and oxygen atoms in total. The first kappa shape index (κ1) is 25.2. The van der Waals surface area contributed by atoms with Gasteiger partial charge in [-0.15, -0.1) is 0 Å². The molecule has 0 saturated heterocycles. The predicted octanol–water partition coefficient (Wildman–Crippen LogP) is 0.348. The van der Waals surface area contributed by atoms with Crippen molar-refractivity contribution in [1.29, 1.82) is 0 Å². The number of carbonyl (C=O) groups excluding carboxylic acids is 4. The number of alkyl carbamates (subject to hydrolysis) is 1. The maximum atomic E-state index is 12.1. The molecule has 0 atom stereocenters. The summed E-state index contributed by atoms with van der Waals surface area (Å²) in [5, 5.41) is 17.7. The zero-order chi connectivity index (χ0) is 25.2. The largest absolute Gasteiger partial charge is 0.480 e. The first-order valence-electron chi connectivity index (χ1n) is 11.0. The first-order chi connectivity index (χ1) is 16.8. The summed E-state index contributed by atoms with van der Waals surface area (Å²) in [6.45, 7) is -1.16. The smallest absolute Gasteiger partial charge is 0.407 e. The highest BCUT2D eigenvalue weighted by Gasteiger charge is 2.28. The zero-order valence-corrected chi connectivity index (χ0v) is 18.8. The molecule has 3 rings (SSSR count). The third kappa shape index (κ3) is 7.29. The number of fused-ring (bicyclic) bond motifs is 3. The molecule has 5 N–H and O–H groups in total. The number of hydrogen-bond acceptors (Lipinski definition) is 6. The molecule has 0 aromatic heterocycles. The van der Waals surface area contributed by atoms with E-state index in [1.165, 1.54) is 0 Å². The first-order valence-corrected chi connectivity index (χ1v) is 11.0. The van der Waals surface area contributed by atoms with E-state index in [1.54, 1.807) is 0 Å². The van der Waals surface area contributed by atoms with Gasteiger partial charge in [0.2, 0.25) is 17.7 Å². The molecule has 0 aliphatic heterocycles. The van der Waals surface area contributed by atoms with Crippen molar-refractivity contribution in [2.45, 2.75) is 12.3 Å². The standard InChI is InChI=1S/C24H26N4O7/c29-20(26-11-21(30)27-12-22(31)28-13-23(32)33)9-10-25-24(34)35-14-19-17-7-3-1-5-15(17)16-6-2-4-8-18(16)19/h1-8,19H,9-14H2,(H,25,34)(H,26,29)(H,27,30)(H,28,31)(H,32,33). The minimum absolute atomic E-state index is 0.0156. The van der Waals surface area contributed by atoms with Crippen LogP contribution in [0.2, 0.25) is 0 Å². The molecule has 2 aromatic rings. The monoisotopic (exact) mass is 482 g/mol. The number of carbonyl (C=O) groups is 5. The third-order valence-corrected chi connectivity index (χ3v) is 5.29. The maximum Gasteiger partial charge on any atom is 0.407 e. The van der Waals surface area contributed by atoms with E-state index in [0.29, 0.717) is 0 Å². The Labute approximate surface area is 201 Å². The lowest BCUT2D eigenvalue weighted by atomic mass is 9.98. The van der Waals surface area contributed by atoms with E-state index in [-0.39, 0.29) is 32.0 Å². The minimum Gasteiger partial charge on any atom is -0.480 e. The number of amides is 4. The number of benzene rings is 2. The molecule has 4 amide bonds. The molecule has 0 unspecified atom stereocenters. The number of hydrogen-bond donors (Lipinski definition) is 5. The third-order valence-electron chi connectivity index (χ3n) is 5.29. The molecule has 0 heterocycles. The Morgan fingerprint density at radius 2 is 1.23 bits per heavy atom. The molecular weight excluding hydrogens is 456 g/mol. The lowest BCUT2D eigenvalue weighted by molar-refractivity contribution is -0.137. The van der Waals surface area contributed by atoms with Gasteiger partial charge in [-0.2, -0.15) is 0 Å². The highest BCUT2D eigenvalue weighted by molar-refractivity contribution is 5.89. The van der Waals surface area contributed by atoms with Crippen LogP contribution >= 0.6 is 0 Å². The molecule has 35 heavy (non-hydrogen) atoms. The molecule has 0 fully saturated rings. The summed E-state index contributed by atoms with van der Waals surface area (Å²) in [6, 6.07) is 16.0. The van der Waals surface area contributed by atoms with E-state index in [9.17, 15) is 24.0 Å². The molecule has 0 saturated carbocycles. The molecule has 0 radical (unpaired) electrons. The second-order valence-electron chi connectivity index (χ2n) is 7.73. The number of rotatable bonds is 11. The van der Waals surface area contributed by atoms with Crippen LogP contribution in [0.3, 0.4) is 0 Å². The summed E-state index contributed by atoms with van der Waals surface area (Å²) >= 11 is 0. The van der Waals surface area contributed by atoms with Gasteiger partial charge in [0, 0.05) is 18.9 Å². The number of carboxylic acids is 1. The van der Waals surface area contributed by atoms with Crippen molar-refractivity contribution in [2.24, 2.45) is 0 Å². The van der Waals surface area contributed by atoms with Crippen LogP contribution in [0.1, 0.15) is 23.5 Å². The average molecular weight is 482 g/mol. The molecule has 1 aliphatic carbocycles. The van der Waals surface area contributed by atoms with Crippen LogP contribution in [0.25, 0.3) is 11.1 Å². The van der Waals surface area contributed by atoms with Gasteiger partial charge in [-0.3, -0.25) is 19.2 Å². The summed E-state index contributed by atoms with van der Waals surface area (Å²) in [7, 11) is 0. The second kappa shape index (κ2) is 12.2. The Morgan fingerprint density at radius 3 is 1.80 bits per heavy atom. The van der Waals surface area contributed by atoms with Crippen molar-refractivity contribution in [1.82, 2.24) is 21.3 Å². The van der Waals surface area contributed by atoms with Crippen molar-refractivity contribution in [3.63, 3.8) is 0 Å². The van der Waals surface area contributed by atoms with Crippen LogP contribution in [0, 0.1) is 0 Å². The van der Waals surface area contributed by atoms with E-state index < -0.39 is 42.9 Å². The van der Waals surface area contributed by atoms with E-state index >= 15 is 0 Å². The van der Waals surface area contributed by atoms with Gasteiger partial charge in [0.25, 0.3) is 0 Å². The van der Waals surface area contributed by atoms with E-state index in [0.717, 1.165) is 22.3 Å². The van der Waals surface area contributed by atoms with Crippen LogP contribution in [-0.2, 0) is 23.9 Å². The van der Waals surface area contributed by atoms with Crippen molar-refractivity contribution in [2.75, 3.05) is 32.8 Å². The normalized spacial score (nSPS) is 11.5. The van der Waals surface area contributed by atoms with Crippen molar-refractivity contribution in [3.8, 4) is 11.1 Å². The fourth-order valence-corrected chi connectivity index (χ4v) is 3.67. The van der Waals surface area contributed by atoms with Gasteiger partial charge >= 0.3 is 12.1 Å². The Kier molecular flexibility index (Phi) is 8.76. The fourth-order valence-electron chi connectivity index (χ4n) is 3.67. The molecule has 1 aliphatic rings. The fraction of sp³-hybridized carbons (Fsp3) is 0.292. The predicted molar refractivity (Wildman–Crippen MR) is 124 cm³/mol. The van der Waals surface area contributed by atoms with Crippen LogP contribution in [-0.4, -0.2) is 67.7 Å². The quantitative estimate of drug-likeness (QED) is 0.308. The van der Waals surface area contributed by atoms with Crippen molar-refractivity contribution < 1.29 is 33.8 Å². The van der Waals surface area contributed by atoms with Gasteiger partial charge in [-0.05, 0) is 22.3 Å². The van der Waals surface area contributed by atoms with Gasteiger partial charge in [0.15, 0.2) is 0 Å². The zero-order valence-electron chi connectivity index (χ0n) is 18.8. The van der Waals surface area contributed by atoms with Gasteiger partial charge in [-0.1, -0.05) is 48.5 Å². The average Bonchev–Trinajstić information content (AvgIpc) is 3.17. The number of carboxylic acid groups (broad SMARTS) is 1. The molecule has 184 valence electrons. The van der Waals surface area contributed by atoms with Crippen LogP contribution in [0.15, 0.2) is 48.5 Å². The van der Waals surface area contributed by atoms with E-state index in [1.807, 2.05) is 48.5 Å². The number of nitrogens with one attached hydrogen (secondary N) is 4. The summed E-state index contributed by atoms with van der Waals surface area (Å²) in [6.07, 6.45) is -0.721. The molecule has 0 spiro atoms. The highest BCUT2D eigenvalue weighted by atomic mass is 16.5. The SMILES string of the molecule is O=C(O)CNC(=O)CNC(=O)CNC(=O)CCNC(=O)OCC1c2ccccc2-c2ccccc21. The van der Waals surface area contributed by atoms with Crippen LogP contribution in [0.5, 0.6) is 0 Å². The number of aliphatic carboxylic acids is 1. The summed E-state index contributed by atoms with van der Waals surface area (Å²) in [5.74, 6) is -3.04. The lowest BCUT2D eigenvalue weighted by Gasteiger charge is -2.14. The Hall–Kier alpha value is -4.41.